The van der Waals surface area contributed by atoms with E-state index >= 15 is 0 Å². The molecule has 9 heteroatoms. The van der Waals surface area contributed by atoms with Crippen molar-refractivity contribution in [3.63, 3.8) is 0 Å². The van der Waals surface area contributed by atoms with E-state index < -0.39 is 12.7 Å². The van der Waals surface area contributed by atoms with Crippen LogP contribution >= 0.6 is 0 Å². The second-order valence-corrected chi connectivity index (χ2v) is 6.13. The molecule has 140 valence electrons. The zero-order valence-corrected chi connectivity index (χ0v) is 14.1. The van der Waals surface area contributed by atoms with Crippen LogP contribution in [0.25, 0.3) is 0 Å². The van der Waals surface area contributed by atoms with Crippen LogP contribution in [-0.2, 0) is 0 Å². The molecule has 5 nitrogen and oxygen atoms in total. The van der Waals surface area contributed by atoms with E-state index in [-0.39, 0.29) is 24.3 Å². The molecule has 1 saturated heterocycles. The summed E-state index contributed by atoms with van der Waals surface area (Å²) >= 11 is 0. The zero-order chi connectivity index (χ0) is 18.7. The average Bonchev–Trinajstić information content (AvgIpc) is 2.58. The maximum atomic E-state index is 12.9. The minimum Gasteiger partial charge on any atom is -0.439 e. The molecule has 0 aliphatic carbocycles. The summed E-state index contributed by atoms with van der Waals surface area (Å²) in [5.74, 6) is 0.737. The molecule has 0 saturated carbocycles. The highest BCUT2D eigenvalue weighted by atomic mass is 19.4. The predicted octanol–water partition coefficient (Wildman–Crippen LogP) is 3.48. The number of nitrogens with zero attached hydrogens (tertiary/aromatic N) is 4. The lowest BCUT2D eigenvalue weighted by atomic mass is 10.2. The van der Waals surface area contributed by atoms with Crippen LogP contribution < -0.4 is 9.64 Å². The van der Waals surface area contributed by atoms with Crippen LogP contribution in [0.4, 0.5) is 23.5 Å². The van der Waals surface area contributed by atoms with Gasteiger partial charge in [-0.25, -0.2) is 9.37 Å². The quantitative estimate of drug-likeness (QED) is 0.771. The molecule has 0 amide bonds. The van der Waals surface area contributed by atoms with Crippen molar-refractivity contribution in [1.29, 1.82) is 0 Å². The number of benzene rings is 1. The van der Waals surface area contributed by atoms with Crippen LogP contribution in [0.15, 0.2) is 36.5 Å². The maximum absolute atomic E-state index is 12.9. The lowest BCUT2D eigenvalue weighted by Gasteiger charge is -2.40. The van der Waals surface area contributed by atoms with Gasteiger partial charge in [0.2, 0.25) is 11.8 Å². The molecule has 0 N–H and O–H groups in total. The van der Waals surface area contributed by atoms with Crippen molar-refractivity contribution in [3.8, 4) is 11.6 Å². The van der Waals surface area contributed by atoms with Crippen molar-refractivity contribution >= 4 is 5.95 Å². The summed E-state index contributed by atoms with van der Waals surface area (Å²) < 4.78 is 56.3. The molecule has 1 aliphatic heterocycles. The molecule has 0 radical (unpaired) electrons. The lowest BCUT2D eigenvalue weighted by molar-refractivity contribution is -0.150. The molecular formula is C17H18F4N4O. The Morgan fingerprint density at radius 3 is 2.54 bits per heavy atom. The molecule has 0 spiro atoms. The Bertz CT molecular complexity index is 738. The van der Waals surface area contributed by atoms with Crippen LogP contribution in [0.2, 0.25) is 0 Å². The second kappa shape index (κ2) is 7.45. The van der Waals surface area contributed by atoms with Gasteiger partial charge in [0.25, 0.3) is 0 Å². The number of aromatic nitrogens is 2. The topological polar surface area (TPSA) is 41.5 Å². The van der Waals surface area contributed by atoms with Gasteiger partial charge in [-0.05, 0) is 31.2 Å². The fraction of sp³-hybridized carbons (Fsp3) is 0.412. The summed E-state index contributed by atoms with van der Waals surface area (Å²) in [6, 6.07) is 6.80. The number of alkyl halides is 3. The highest BCUT2D eigenvalue weighted by Gasteiger charge is 2.35. The molecule has 1 unspecified atom stereocenters. The summed E-state index contributed by atoms with van der Waals surface area (Å²) in [5.41, 5.74) is 0. The van der Waals surface area contributed by atoms with Gasteiger partial charge in [0, 0.05) is 37.9 Å². The summed E-state index contributed by atoms with van der Waals surface area (Å²) in [4.78, 5) is 11.7. The van der Waals surface area contributed by atoms with E-state index in [1.807, 2.05) is 4.90 Å². The Kier molecular flexibility index (Phi) is 5.26. The van der Waals surface area contributed by atoms with Gasteiger partial charge < -0.3 is 9.64 Å². The lowest BCUT2D eigenvalue weighted by Crippen LogP contribution is -2.54. The molecular weight excluding hydrogens is 352 g/mol. The summed E-state index contributed by atoms with van der Waals surface area (Å²) in [6.07, 6.45) is -2.69. The number of hydrogen-bond donors (Lipinski definition) is 0. The fourth-order valence-electron chi connectivity index (χ4n) is 2.81. The van der Waals surface area contributed by atoms with Gasteiger partial charge in [-0.3, -0.25) is 4.90 Å². The third-order valence-corrected chi connectivity index (χ3v) is 4.08. The van der Waals surface area contributed by atoms with Gasteiger partial charge in [0.1, 0.15) is 11.6 Å². The number of anilines is 1. The van der Waals surface area contributed by atoms with Crippen molar-refractivity contribution < 1.29 is 22.3 Å². The highest BCUT2D eigenvalue weighted by molar-refractivity contribution is 5.35. The van der Waals surface area contributed by atoms with Gasteiger partial charge in [-0.15, -0.1) is 0 Å². The average molecular weight is 370 g/mol. The summed E-state index contributed by atoms with van der Waals surface area (Å²) in [5, 5.41) is 0. The first-order valence-electron chi connectivity index (χ1n) is 8.12. The molecule has 1 atom stereocenters. The van der Waals surface area contributed by atoms with Gasteiger partial charge in [0.05, 0.1) is 6.54 Å². The third kappa shape index (κ3) is 4.81. The normalized spacial score (nSPS) is 18.8. The van der Waals surface area contributed by atoms with E-state index in [9.17, 15) is 17.6 Å². The fourth-order valence-corrected chi connectivity index (χ4v) is 2.81. The number of hydrogen-bond acceptors (Lipinski definition) is 5. The molecule has 1 fully saturated rings. The van der Waals surface area contributed by atoms with E-state index in [2.05, 4.69) is 9.97 Å². The maximum Gasteiger partial charge on any atom is 0.401 e. The number of rotatable bonds is 4. The van der Waals surface area contributed by atoms with Gasteiger partial charge in [0.15, 0.2) is 0 Å². The van der Waals surface area contributed by atoms with E-state index in [1.165, 1.54) is 35.4 Å². The van der Waals surface area contributed by atoms with Gasteiger partial charge in [-0.1, -0.05) is 0 Å². The Balaban J connectivity index is 1.66. The molecule has 1 aromatic carbocycles. The van der Waals surface area contributed by atoms with Crippen LogP contribution in [0.5, 0.6) is 11.6 Å². The number of halogens is 4. The van der Waals surface area contributed by atoms with Crippen LogP contribution in [0.3, 0.4) is 0 Å². The van der Waals surface area contributed by atoms with Gasteiger partial charge >= 0.3 is 6.18 Å². The molecule has 26 heavy (non-hydrogen) atoms. The van der Waals surface area contributed by atoms with E-state index in [0.29, 0.717) is 24.8 Å². The standard InChI is InChI=1S/C17H18F4N4O/c1-12-10-24(8-9-25(12)11-17(19,20)21)16-22-7-6-15(23-16)26-14-4-2-13(18)3-5-14/h2-7,12H,8-11H2,1H3. The molecule has 2 aromatic rings. The van der Waals surface area contributed by atoms with Crippen molar-refractivity contribution in [3.05, 3.63) is 42.3 Å². The van der Waals surface area contributed by atoms with E-state index in [4.69, 9.17) is 4.74 Å². The Hall–Kier alpha value is -2.42. The Morgan fingerprint density at radius 1 is 1.15 bits per heavy atom. The minimum absolute atomic E-state index is 0.271. The molecule has 3 rings (SSSR count). The Morgan fingerprint density at radius 2 is 1.88 bits per heavy atom. The molecule has 2 heterocycles. The van der Waals surface area contributed by atoms with Crippen LogP contribution in [0, 0.1) is 5.82 Å². The van der Waals surface area contributed by atoms with E-state index in [0.717, 1.165) is 0 Å². The highest BCUT2D eigenvalue weighted by Crippen LogP contribution is 2.24. The smallest absolute Gasteiger partial charge is 0.401 e. The van der Waals surface area contributed by atoms with Crippen molar-refractivity contribution in [1.82, 2.24) is 14.9 Å². The monoisotopic (exact) mass is 370 g/mol. The Labute approximate surface area is 148 Å². The van der Waals surface area contributed by atoms with Crippen molar-refractivity contribution in [2.75, 3.05) is 31.1 Å². The first-order valence-corrected chi connectivity index (χ1v) is 8.12. The SMILES string of the molecule is CC1CN(c2nccc(Oc3ccc(F)cc3)n2)CCN1CC(F)(F)F. The first kappa shape index (κ1) is 18.4. The first-order chi connectivity index (χ1) is 12.3. The molecule has 0 bridgehead atoms. The summed E-state index contributed by atoms with van der Waals surface area (Å²) in [6.45, 7) is 1.87. The molecule has 1 aromatic heterocycles. The third-order valence-electron chi connectivity index (χ3n) is 4.08. The number of piperazine rings is 1. The second-order valence-electron chi connectivity index (χ2n) is 6.13. The number of ether oxygens (including phenoxy) is 1. The van der Waals surface area contributed by atoms with Gasteiger partial charge in [-0.2, -0.15) is 18.2 Å². The molecule has 1 aliphatic rings. The van der Waals surface area contributed by atoms with Crippen molar-refractivity contribution in [2.45, 2.75) is 19.1 Å². The summed E-state index contributed by atoms with van der Waals surface area (Å²) in [7, 11) is 0. The van der Waals surface area contributed by atoms with Crippen LogP contribution in [-0.4, -0.2) is 53.3 Å². The zero-order valence-electron chi connectivity index (χ0n) is 14.1. The predicted molar refractivity (Wildman–Crippen MR) is 87.8 cm³/mol. The largest absolute Gasteiger partial charge is 0.439 e. The minimum atomic E-state index is -4.21. The van der Waals surface area contributed by atoms with Crippen LogP contribution in [0.1, 0.15) is 6.92 Å². The van der Waals surface area contributed by atoms with Crippen molar-refractivity contribution in [2.24, 2.45) is 0 Å². The van der Waals surface area contributed by atoms with E-state index in [1.54, 1.807) is 13.0 Å².